The first-order valence-electron chi connectivity index (χ1n) is 7.59. The smallest absolute Gasteiger partial charge is 0.262 e. The number of carbonyl (C=O) groups excluding carboxylic acids is 1. The number of anilines is 1. The number of hydrogen-bond donors (Lipinski definition) is 1. The monoisotopic (exact) mass is 322 g/mol. The molecule has 0 fully saturated rings. The van der Waals surface area contributed by atoms with E-state index in [1.807, 2.05) is 49.4 Å². The molecule has 122 valence electrons. The van der Waals surface area contributed by atoms with Crippen LogP contribution in [0.15, 0.2) is 54.6 Å². The second-order valence-electron chi connectivity index (χ2n) is 5.32. The average molecular weight is 322 g/mol. The number of ether oxygens (including phenoxy) is 2. The van der Waals surface area contributed by atoms with Gasteiger partial charge in [0.2, 0.25) is 0 Å². The molecule has 0 radical (unpaired) electrons. The number of hydrogen-bond acceptors (Lipinski definition) is 4. The maximum Gasteiger partial charge on any atom is 0.262 e. The van der Waals surface area contributed by atoms with Crippen LogP contribution >= 0.6 is 0 Å². The van der Waals surface area contributed by atoms with Crippen molar-refractivity contribution in [2.45, 2.75) is 6.92 Å². The lowest BCUT2D eigenvalue weighted by Crippen LogP contribution is -2.20. The number of fused-ring (bicyclic) bond motifs is 1. The molecule has 0 aliphatic carbocycles. The van der Waals surface area contributed by atoms with E-state index in [2.05, 4.69) is 10.3 Å². The van der Waals surface area contributed by atoms with Crippen molar-refractivity contribution >= 4 is 22.5 Å². The van der Waals surface area contributed by atoms with Crippen LogP contribution in [0.4, 0.5) is 5.69 Å². The fourth-order valence-corrected chi connectivity index (χ4v) is 2.41. The van der Waals surface area contributed by atoms with Gasteiger partial charge in [-0.3, -0.25) is 9.78 Å². The van der Waals surface area contributed by atoms with Gasteiger partial charge in [-0.05, 0) is 31.2 Å². The molecule has 0 aliphatic heterocycles. The lowest BCUT2D eigenvalue weighted by atomic mass is 10.1. The summed E-state index contributed by atoms with van der Waals surface area (Å²) in [6.07, 6.45) is 0. The zero-order valence-electron chi connectivity index (χ0n) is 13.6. The summed E-state index contributed by atoms with van der Waals surface area (Å²) in [6.45, 7) is 1.81. The van der Waals surface area contributed by atoms with Gasteiger partial charge >= 0.3 is 0 Å². The third kappa shape index (κ3) is 3.46. The fourth-order valence-electron chi connectivity index (χ4n) is 2.41. The Labute approximate surface area is 140 Å². The highest BCUT2D eigenvalue weighted by atomic mass is 16.5. The predicted molar refractivity (Wildman–Crippen MR) is 93.6 cm³/mol. The van der Waals surface area contributed by atoms with Crippen molar-refractivity contribution in [3.63, 3.8) is 0 Å². The van der Waals surface area contributed by atoms with E-state index < -0.39 is 0 Å². The lowest BCUT2D eigenvalue weighted by Gasteiger charge is -2.11. The first-order chi connectivity index (χ1) is 11.7. The highest BCUT2D eigenvalue weighted by molar-refractivity contribution is 6.00. The minimum Gasteiger partial charge on any atom is -0.493 e. The Balaban J connectivity index is 1.72. The van der Waals surface area contributed by atoms with Crippen molar-refractivity contribution in [1.82, 2.24) is 4.98 Å². The summed E-state index contributed by atoms with van der Waals surface area (Å²) in [5.74, 6) is 0.867. The number of carbonyl (C=O) groups is 1. The Morgan fingerprint density at radius 1 is 1.04 bits per heavy atom. The minimum atomic E-state index is -0.253. The van der Waals surface area contributed by atoms with E-state index in [4.69, 9.17) is 9.47 Å². The van der Waals surface area contributed by atoms with Gasteiger partial charge in [-0.1, -0.05) is 30.3 Å². The zero-order valence-corrected chi connectivity index (χ0v) is 13.6. The van der Waals surface area contributed by atoms with Crippen LogP contribution in [0.1, 0.15) is 5.69 Å². The van der Waals surface area contributed by atoms with Gasteiger partial charge in [-0.2, -0.15) is 0 Å². The van der Waals surface area contributed by atoms with Gasteiger partial charge < -0.3 is 14.8 Å². The molecular weight excluding hydrogens is 304 g/mol. The number of pyridine rings is 1. The van der Waals surface area contributed by atoms with Gasteiger partial charge in [0.25, 0.3) is 5.91 Å². The van der Waals surface area contributed by atoms with E-state index in [1.165, 1.54) is 0 Å². The van der Waals surface area contributed by atoms with Crippen LogP contribution in [0, 0.1) is 6.92 Å². The summed E-state index contributed by atoms with van der Waals surface area (Å²) in [5.41, 5.74) is 2.34. The highest BCUT2D eigenvalue weighted by Gasteiger charge is 2.09. The number of methoxy groups -OCH3 is 1. The standard InChI is InChI=1S/C19H18N2O3/c1-13-10-11-14-6-5-7-15(19(14)20-13)21-18(22)12-24-17-9-4-3-8-16(17)23-2/h3-11H,12H2,1-2H3,(H,21,22). The molecule has 0 unspecified atom stereocenters. The predicted octanol–water partition coefficient (Wildman–Crippen LogP) is 3.57. The molecule has 0 aliphatic rings. The van der Waals surface area contributed by atoms with Gasteiger partial charge in [0.1, 0.15) is 0 Å². The van der Waals surface area contributed by atoms with Gasteiger partial charge in [-0.15, -0.1) is 0 Å². The van der Waals surface area contributed by atoms with E-state index in [1.54, 1.807) is 19.2 Å². The van der Waals surface area contributed by atoms with Crippen molar-refractivity contribution < 1.29 is 14.3 Å². The Kier molecular flexibility index (Phi) is 4.61. The molecule has 1 heterocycles. The summed E-state index contributed by atoms with van der Waals surface area (Å²) in [4.78, 5) is 16.7. The zero-order chi connectivity index (χ0) is 16.9. The van der Waals surface area contributed by atoms with E-state index in [-0.39, 0.29) is 12.5 Å². The van der Waals surface area contributed by atoms with Gasteiger partial charge in [0.15, 0.2) is 18.1 Å². The first-order valence-corrected chi connectivity index (χ1v) is 7.59. The van der Waals surface area contributed by atoms with E-state index >= 15 is 0 Å². The molecule has 5 heteroatoms. The lowest BCUT2D eigenvalue weighted by molar-refractivity contribution is -0.118. The quantitative estimate of drug-likeness (QED) is 0.780. The number of para-hydroxylation sites is 3. The topological polar surface area (TPSA) is 60.5 Å². The largest absolute Gasteiger partial charge is 0.493 e. The molecule has 24 heavy (non-hydrogen) atoms. The Morgan fingerprint density at radius 2 is 1.83 bits per heavy atom. The van der Waals surface area contributed by atoms with Crippen molar-refractivity contribution in [1.29, 1.82) is 0 Å². The molecule has 3 rings (SSSR count). The number of benzene rings is 2. The Morgan fingerprint density at radius 3 is 2.62 bits per heavy atom. The second kappa shape index (κ2) is 7.00. The van der Waals surface area contributed by atoms with Crippen LogP contribution in [0.25, 0.3) is 10.9 Å². The second-order valence-corrected chi connectivity index (χ2v) is 5.32. The molecule has 0 saturated carbocycles. The summed E-state index contributed by atoms with van der Waals surface area (Å²) < 4.78 is 10.7. The Bertz CT molecular complexity index is 877. The van der Waals surface area contributed by atoms with Crippen molar-refractivity contribution in [3.8, 4) is 11.5 Å². The molecule has 1 aromatic heterocycles. The minimum absolute atomic E-state index is 0.109. The molecule has 0 atom stereocenters. The molecule has 1 N–H and O–H groups in total. The van der Waals surface area contributed by atoms with Gasteiger partial charge in [-0.25, -0.2) is 0 Å². The maximum atomic E-state index is 12.2. The molecule has 0 saturated heterocycles. The van der Waals surface area contributed by atoms with Crippen LogP contribution in [-0.2, 0) is 4.79 Å². The number of nitrogens with zero attached hydrogens (tertiary/aromatic N) is 1. The summed E-state index contributed by atoms with van der Waals surface area (Å²) in [5, 5.41) is 3.83. The first kappa shape index (κ1) is 15.8. The third-order valence-electron chi connectivity index (χ3n) is 3.56. The fraction of sp³-hybridized carbons (Fsp3) is 0.158. The van der Waals surface area contributed by atoms with Crippen LogP contribution < -0.4 is 14.8 Å². The molecule has 3 aromatic rings. The van der Waals surface area contributed by atoms with Crippen LogP contribution in [0.5, 0.6) is 11.5 Å². The van der Waals surface area contributed by atoms with Crippen LogP contribution in [0.3, 0.4) is 0 Å². The molecule has 0 spiro atoms. The molecule has 5 nitrogen and oxygen atoms in total. The number of aryl methyl sites for hydroxylation is 1. The van der Waals surface area contributed by atoms with Crippen molar-refractivity contribution in [2.75, 3.05) is 19.0 Å². The number of rotatable bonds is 5. The molecular formula is C19H18N2O3. The molecule has 2 aromatic carbocycles. The molecule has 1 amide bonds. The molecule has 0 bridgehead atoms. The van der Waals surface area contributed by atoms with Crippen LogP contribution in [0.2, 0.25) is 0 Å². The maximum absolute atomic E-state index is 12.2. The number of amides is 1. The average Bonchev–Trinajstić information content (AvgIpc) is 2.60. The van der Waals surface area contributed by atoms with Crippen LogP contribution in [-0.4, -0.2) is 24.6 Å². The number of aromatic nitrogens is 1. The normalized spacial score (nSPS) is 10.4. The van der Waals surface area contributed by atoms with Crippen molar-refractivity contribution in [3.05, 3.63) is 60.3 Å². The van der Waals surface area contributed by atoms with Gasteiger partial charge in [0, 0.05) is 11.1 Å². The van der Waals surface area contributed by atoms with E-state index in [0.29, 0.717) is 17.2 Å². The highest BCUT2D eigenvalue weighted by Crippen LogP contribution is 2.26. The van der Waals surface area contributed by atoms with E-state index in [9.17, 15) is 4.79 Å². The summed E-state index contributed by atoms with van der Waals surface area (Å²) in [7, 11) is 1.56. The summed E-state index contributed by atoms with van der Waals surface area (Å²) in [6, 6.07) is 16.8. The van der Waals surface area contributed by atoms with Crippen molar-refractivity contribution in [2.24, 2.45) is 0 Å². The SMILES string of the molecule is COc1ccccc1OCC(=O)Nc1cccc2ccc(C)nc12. The summed E-state index contributed by atoms with van der Waals surface area (Å²) >= 11 is 0. The van der Waals surface area contributed by atoms with E-state index in [0.717, 1.165) is 16.6 Å². The van der Waals surface area contributed by atoms with Gasteiger partial charge in [0.05, 0.1) is 18.3 Å². The third-order valence-corrected chi connectivity index (χ3v) is 3.56. The Hall–Kier alpha value is -3.08. The number of nitrogens with one attached hydrogen (secondary N) is 1.